The molecule has 0 aliphatic heterocycles. The largest absolute Gasteiger partial charge is 0.508 e. The molecule has 0 spiro atoms. The molecule has 3 N–H and O–H groups in total. The summed E-state index contributed by atoms with van der Waals surface area (Å²) in [5.41, 5.74) is 7.26. The lowest BCUT2D eigenvalue weighted by atomic mass is 9.94. The van der Waals surface area contributed by atoms with Crippen molar-refractivity contribution in [2.24, 2.45) is 5.73 Å². The second-order valence-corrected chi connectivity index (χ2v) is 5.10. The van der Waals surface area contributed by atoms with Crippen LogP contribution in [-0.4, -0.2) is 29.5 Å². The van der Waals surface area contributed by atoms with Crippen molar-refractivity contribution < 1.29 is 19.4 Å². The maximum atomic E-state index is 12.6. The van der Waals surface area contributed by atoms with E-state index in [2.05, 4.69) is 0 Å². The molecule has 0 radical (unpaired) electrons. The van der Waals surface area contributed by atoms with Crippen molar-refractivity contribution >= 4 is 11.8 Å². The highest BCUT2D eigenvalue weighted by Crippen LogP contribution is 2.21. The molecule has 120 valence electrons. The van der Waals surface area contributed by atoms with Crippen LogP contribution in [0.4, 0.5) is 0 Å². The van der Waals surface area contributed by atoms with Crippen molar-refractivity contribution in [3.8, 4) is 5.75 Å². The van der Waals surface area contributed by atoms with Gasteiger partial charge in [0.15, 0.2) is 5.78 Å². The van der Waals surface area contributed by atoms with Gasteiger partial charge in [0.25, 0.3) is 0 Å². The molecule has 5 nitrogen and oxygen atoms in total. The molecule has 0 saturated heterocycles. The van der Waals surface area contributed by atoms with Gasteiger partial charge in [-0.15, -0.1) is 0 Å². The quantitative estimate of drug-likeness (QED) is 0.629. The standard InChI is InChI=1S/C18H19NO4/c1-2-23-18(22)16(19)10-13-8-9-14(20)11-15(13)17(21)12-6-4-3-5-7-12/h3-9,11,16,20H,2,10,19H2,1H3. The van der Waals surface area contributed by atoms with Crippen LogP contribution in [0.1, 0.15) is 28.4 Å². The highest BCUT2D eigenvalue weighted by Gasteiger charge is 2.20. The van der Waals surface area contributed by atoms with E-state index in [1.54, 1.807) is 37.3 Å². The number of hydrogen-bond donors (Lipinski definition) is 2. The zero-order chi connectivity index (χ0) is 16.8. The summed E-state index contributed by atoms with van der Waals surface area (Å²) in [6.07, 6.45) is 0.160. The van der Waals surface area contributed by atoms with Gasteiger partial charge in [0.05, 0.1) is 6.61 Å². The number of aromatic hydroxyl groups is 1. The van der Waals surface area contributed by atoms with Gasteiger partial charge in [-0.2, -0.15) is 0 Å². The lowest BCUT2D eigenvalue weighted by Gasteiger charge is -2.14. The number of ether oxygens (including phenoxy) is 1. The van der Waals surface area contributed by atoms with Crippen LogP contribution < -0.4 is 5.73 Å². The Bertz CT molecular complexity index is 697. The third-order valence-corrected chi connectivity index (χ3v) is 3.40. The van der Waals surface area contributed by atoms with Crippen molar-refractivity contribution in [3.05, 3.63) is 65.2 Å². The molecule has 2 aromatic rings. The smallest absolute Gasteiger partial charge is 0.323 e. The maximum absolute atomic E-state index is 12.6. The number of esters is 1. The molecule has 0 bridgehead atoms. The van der Waals surface area contributed by atoms with Crippen molar-refractivity contribution in [2.45, 2.75) is 19.4 Å². The minimum atomic E-state index is -0.859. The molecule has 0 aliphatic rings. The predicted octanol–water partition coefficient (Wildman–Crippen LogP) is 2.06. The topological polar surface area (TPSA) is 89.6 Å². The fraction of sp³-hybridized carbons (Fsp3) is 0.222. The summed E-state index contributed by atoms with van der Waals surface area (Å²) in [4.78, 5) is 24.3. The van der Waals surface area contributed by atoms with Gasteiger partial charge in [-0.05, 0) is 31.0 Å². The zero-order valence-electron chi connectivity index (χ0n) is 12.9. The van der Waals surface area contributed by atoms with E-state index in [9.17, 15) is 14.7 Å². The molecule has 23 heavy (non-hydrogen) atoms. The van der Waals surface area contributed by atoms with Crippen molar-refractivity contribution in [2.75, 3.05) is 6.61 Å². The molecule has 2 rings (SSSR count). The molecule has 0 aromatic heterocycles. The van der Waals surface area contributed by atoms with Gasteiger partial charge in [-0.25, -0.2) is 0 Å². The third kappa shape index (κ3) is 4.17. The molecule has 0 fully saturated rings. The van der Waals surface area contributed by atoms with Gasteiger partial charge in [-0.3, -0.25) is 9.59 Å². The van der Waals surface area contributed by atoms with Gasteiger partial charge >= 0.3 is 5.97 Å². The number of rotatable bonds is 6. The van der Waals surface area contributed by atoms with E-state index in [0.717, 1.165) is 0 Å². The average Bonchev–Trinajstić information content (AvgIpc) is 2.56. The second kappa shape index (κ2) is 7.56. The number of carbonyl (C=O) groups excluding carboxylic acids is 2. The van der Waals surface area contributed by atoms with E-state index in [1.807, 2.05) is 6.07 Å². The monoisotopic (exact) mass is 313 g/mol. The highest BCUT2D eigenvalue weighted by atomic mass is 16.5. The molecular weight excluding hydrogens is 294 g/mol. The van der Waals surface area contributed by atoms with Crippen LogP contribution in [0.5, 0.6) is 5.75 Å². The summed E-state index contributed by atoms with van der Waals surface area (Å²) in [5.74, 6) is -0.760. The fourth-order valence-electron chi connectivity index (χ4n) is 2.27. The fourth-order valence-corrected chi connectivity index (χ4v) is 2.27. The Balaban J connectivity index is 2.31. The van der Waals surface area contributed by atoms with E-state index in [1.165, 1.54) is 12.1 Å². The molecular formula is C18H19NO4. The number of phenols is 1. The van der Waals surface area contributed by atoms with Gasteiger partial charge in [-0.1, -0.05) is 36.4 Å². The third-order valence-electron chi connectivity index (χ3n) is 3.40. The van der Waals surface area contributed by atoms with Crippen molar-refractivity contribution in [3.63, 3.8) is 0 Å². The summed E-state index contributed by atoms with van der Waals surface area (Å²) in [6, 6.07) is 12.3. The van der Waals surface area contributed by atoms with Crippen molar-refractivity contribution in [1.82, 2.24) is 0 Å². The molecule has 0 amide bonds. The van der Waals surface area contributed by atoms with Crippen LogP contribution in [0.2, 0.25) is 0 Å². The first-order valence-electron chi connectivity index (χ1n) is 7.36. The minimum Gasteiger partial charge on any atom is -0.508 e. The lowest BCUT2D eigenvalue weighted by Crippen LogP contribution is -2.34. The second-order valence-electron chi connectivity index (χ2n) is 5.10. The number of nitrogens with two attached hydrogens (primary N) is 1. The number of ketones is 1. The first-order valence-corrected chi connectivity index (χ1v) is 7.36. The normalized spacial score (nSPS) is 11.7. The Morgan fingerprint density at radius 2 is 1.87 bits per heavy atom. The maximum Gasteiger partial charge on any atom is 0.323 e. The van der Waals surface area contributed by atoms with E-state index in [4.69, 9.17) is 10.5 Å². The molecule has 5 heteroatoms. The Morgan fingerprint density at radius 3 is 2.52 bits per heavy atom. The Hall–Kier alpha value is -2.66. The number of hydrogen-bond acceptors (Lipinski definition) is 5. The Morgan fingerprint density at radius 1 is 1.17 bits per heavy atom. The molecule has 0 saturated carbocycles. The minimum absolute atomic E-state index is 0.0160. The average molecular weight is 313 g/mol. The van der Waals surface area contributed by atoms with Crippen LogP contribution in [0, 0.1) is 0 Å². The van der Waals surface area contributed by atoms with Crippen LogP contribution >= 0.6 is 0 Å². The van der Waals surface area contributed by atoms with E-state index >= 15 is 0 Å². The summed E-state index contributed by atoms with van der Waals surface area (Å²) >= 11 is 0. The number of phenolic OH excluding ortho intramolecular Hbond substituents is 1. The number of carbonyl (C=O) groups is 2. The van der Waals surface area contributed by atoms with Crippen LogP contribution in [0.25, 0.3) is 0 Å². The molecule has 1 unspecified atom stereocenters. The zero-order valence-corrected chi connectivity index (χ0v) is 12.9. The SMILES string of the molecule is CCOC(=O)C(N)Cc1ccc(O)cc1C(=O)c1ccccc1. The first kappa shape index (κ1) is 16.7. The molecule has 0 aliphatic carbocycles. The van der Waals surface area contributed by atoms with Gasteiger partial charge < -0.3 is 15.6 Å². The van der Waals surface area contributed by atoms with Gasteiger partial charge in [0, 0.05) is 11.1 Å². The van der Waals surface area contributed by atoms with Crippen LogP contribution in [0.3, 0.4) is 0 Å². The highest BCUT2D eigenvalue weighted by molar-refractivity contribution is 6.10. The summed E-state index contributed by atoms with van der Waals surface area (Å²) < 4.78 is 4.89. The van der Waals surface area contributed by atoms with Gasteiger partial charge in [0.2, 0.25) is 0 Å². The van der Waals surface area contributed by atoms with E-state index in [-0.39, 0.29) is 24.6 Å². The summed E-state index contributed by atoms with van der Waals surface area (Å²) in [6.45, 7) is 1.95. The van der Waals surface area contributed by atoms with Crippen LogP contribution in [-0.2, 0) is 16.0 Å². The Kier molecular flexibility index (Phi) is 5.49. The van der Waals surface area contributed by atoms with E-state index in [0.29, 0.717) is 16.7 Å². The van der Waals surface area contributed by atoms with Crippen molar-refractivity contribution in [1.29, 1.82) is 0 Å². The predicted molar refractivity (Wildman–Crippen MR) is 86.3 cm³/mol. The number of benzene rings is 2. The molecule has 2 aromatic carbocycles. The summed E-state index contributed by atoms with van der Waals surface area (Å²) in [7, 11) is 0. The molecule has 0 heterocycles. The Labute approximate surface area is 134 Å². The van der Waals surface area contributed by atoms with Gasteiger partial charge in [0.1, 0.15) is 11.8 Å². The summed E-state index contributed by atoms with van der Waals surface area (Å²) in [5, 5.41) is 9.69. The molecule has 1 atom stereocenters. The lowest BCUT2D eigenvalue weighted by molar-refractivity contribution is -0.144. The van der Waals surface area contributed by atoms with E-state index < -0.39 is 12.0 Å². The van der Waals surface area contributed by atoms with Crippen LogP contribution in [0.15, 0.2) is 48.5 Å². The first-order chi connectivity index (χ1) is 11.0.